The van der Waals surface area contributed by atoms with Crippen molar-refractivity contribution >= 4 is 11.6 Å². The average molecular weight is 206 g/mol. The highest BCUT2D eigenvalue weighted by molar-refractivity contribution is 6.25. The summed E-state index contributed by atoms with van der Waals surface area (Å²) in [7, 11) is 0. The fourth-order valence-corrected chi connectivity index (χ4v) is 1.26. The molecule has 0 amide bonds. The molecular formula is C10H20ClNO. The van der Waals surface area contributed by atoms with Crippen molar-refractivity contribution in [3.05, 3.63) is 11.6 Å². The van der Waals surface area contributed by atoms with Crippen molar-refractivity contribution in [2.45, 2.75) is 38.6 Å². The van der Waals surface area contributed by atoms with Crippen LogP contribution in [0, 0.1) is 0 Å². The molecular weight excluding hydrogens is 186 g/mol. The highest BCUT2D eigenvalue weighted by atomic mass is 35.5. The lowest BCUT2D eigenvalue weighted by Gasteiger charge is -2.14. The molecule has 2 nitrogen and oxygen atoms in total. The summed E-state index contributed by atoms with van der Waals surface area (Å²) >= 11 is 5.44. The minimum absolute atomic E-state index is 0.292. The zero-order chi connectivity index (χ0) is 9.94. The minimum Gasteiger partial charge on any atom is -0.396 e. The topological polar surface area (TPSA) is 32.3 Å². The van der Waals surface area contributed by atoms with Crippen LogP contribution < -0.4 is 5.32 Å². The van der Waals surface area contributed by atoms with Gasteiger partial charge in [-0.3, -0.25) is 0 Å². The van der Waals surface area contributed by atoms with E-state index in [0.29, 0.717) is 12.6 Å². The van der Waals surface area contributed by atoms with Crippen molar-refractivity contribution in [3.8, 4) is 0 Å². The third kappa shape index (κ3) is 8.28. The second-order valence-corrected chi connectivity index (χ2v) is 3.34. The van der Waals surface area contributed by atoms with E-state index in [1.165, 1.54) is 0 Å². The number of aliphatic hydroxyl groups is 1. The zero-order valence-corrected chi connectivity index (χ0v) is 9.06. The lowest BCUT2D eigenvalue weighted by Crippen LogP contribution is -2.28. The fourth-order valence-electron chi connectivity index (χ4n) is 1.15. The summed E-state index contributed by atoms with van der Waals surface area (Å²) < 4.78 is 0. The van der Waals surface area contributed by atoms with Gasteiger partial charge in [-0.05, 0) is 32.2 Å². The van der Waals surface area contributed by atoms with Crippen LogP contribution in [-0.2, 0) is 0 Å². The van der Waals surface area contributed by atoms with E-state index < -0.39 is 0 Å². The molecule has 1 atom stereocenters. The Bertz CT molecular complexity index is 128. The highest BCUT2D eigenvalue weighted by Gasteiger charge is 2.01. The van der Waals surface area contributed by atoms with Crippen molar-refractivity contribution in [2.75, 3.05) is 13.2 Å². The molecule has 0 saturated heterocycles. The van der Waals surface area contributed by atoms with Crippen LogP contribution >= 0.6 is 11.6 Å². The molecule has 0 aromatic carbocycles. The number of halogens is 1. The quantitative estimate of drug-likeness (QED) is 0.596. The molecule has 0 heterocycles. The normalized spacial score (nSPS) is 13.8. The van der Waals surface area contributed by atoms with Gasteiger partial charge in [0, 0.05) is 18.2 Å². The van der Waals surface area contributed by atoms with Crippen LogP contribution in [0.5, 0.6) is 0 Å². The number of aliphatic hydroxyl groups excluding tert-OH is 1. The van der Waals surface area contributed by atoms with Gasteiger partial charge in [-0.15, -0.1) is 0 Å². The number of hydrogen-bond donors (Lipinski definition) is 2. The standard InChI is InChI=1S/C10H20ClNO/c1-2-10(6-5-7-11)12-8-3-4-9-13/h5,7,10,12-13H,2-4,6,8-9H2,1H3/b7-5+. The molecule has 78 valence electrons. The van der Waals surface area contributed by atoms with Gasteiger partial charge in [0.1, 0.15) is 0 Å². The smallest absolute Gasteiger partial charge is 0.0431 e. The predicted octanol–water partition coefficient (Wildman–Crippen LogP) is 2.27. The maximum atomic E-state index is 8.57. The van der Waals surface area contributed by atoms with E-state index in [9.17, 15) is 0 Å². The van der Waals surface area contributed by atoms with Crippen LogP contribution in [0.2, 0.25) is 0 Å². The van der Waals surface area contributed by atoms with Crippen LogP contribution in [0.3, 0.4) is 0 Å². The number of unbranched alkanes of at least 4 members (excludes halogenated alkanes) is 1. The van der Waals surface area contributed by atoms with Crippen molar-refractivity contribution < 1.29 is 5.11 Å². The molecule has 0 fully saturated rings. The third-order valence-corrected chi connectivity index (χ3v) is 2.20. The minimum atomic E-state index is 0.292. The number of rotatable bonds is 8. The lowest BCUT2D eigenvalue weighted by molar-refractivity contribution is 0.282. The first kappa shape index (κ1) is 12.9. The van der Waals surface area contributed by atoms with Crippen molar-refractivity contribution in [1.29, 1.82) is 0 Å². The molecule has 1 unspecified atom stereocenters. The molecule has 0 bridgehead atoms. The van der Waals surface area contributed by atoms with Crippen LogP contribution in [-0.4, -0.2) is 24.3 Å². The fraction of sp³-hybridized carbons (Fsp3) is 0.800. The maximum Gasteiger partial charge on any atom is 0.0431 e. The summed E-state index contributed by atoms with van der Waals surface area (Å²) in [4.78, 5) is 0. The molecule has 0 spiro atoms. The van der Waals surface area contributed by atoms with Gasteiger partial charge in [0.05, 0.1) is 0 Å². The Morgan fingerprint density at radius 3 is 2.77 bits per heavy atom. The first-order valence-electron chi connectivity index (χ1n) is 4.94. The number of hydrogen-bond acceptors (Lipinski definition) is 2. The van der Waals surface area contributed by atoms with Gasteiger partial charge >= 0.3 is 0 Å². The SMILES string of the molecule is CCC(C/C=C/Cl)NCCCCO. The lowest BCUT2D eigenvalue weighted by atomic mass is 10.1. The van der Waals surface area contributed by atoms with Crippen LogP contribution in [0.15, 0.2) is 11.6 Å². The van der Waals surface area contributed by atoms with E-state index in [4.69, 9.17) is 16.7 Å². The second kappa shape index (κ2) is 10.0. The summed E-state index contributed by atoms with van der Waals surface area (Å²) in [5, 5.41) is 12.0. The van der Waals surface area contributed by atoms with E-state index in [1.807, 2.05) is 6.08 Å². The molecule has 0 aromatic rings. The molecule has 0 aliphatic rings. The first-order chi connectivity index (χ1) is 6.35. The first-order valence-corrected chi connectivity index (χ1v) is 5.38. The summed E-state index contributed by atoms with van der Waals surface area (Å²) in [6.07, 6.45) is 5.99. The van der Waals surface area contributed by atoms with Crippen LogP contribution in [0.25, 0.3) is 0 Å². The molecule has 3 heteroatoms. The molecule has 0 aromatic heterocycles. The molecule has 13 heavy (non-hydrogen) atoms. The predicted molar refractivity (Wildman–Crippen MR) is 58.0 cm³/mol. The van der Waals surface area contributed by atoms with Gasteiger partial charge < -0.3 is 10.4 Å². The van der Waals surface area contributed by atoms with E-state index >= 15 is 0 Å². The Hall–Kier alpha value is -0.0500. The molecule has 0 rings (SSSR count). The van der Waals surface area contributed by atoms with Gasteiger partial charge in [0.25, 0.3) is 0 Å². The molecule has 0 saturated carbocycles. The largest absolute Gasteiger partial charge is 0.396 e. The molecule has 2 N–H and O–H groups in total. The van der Waals surface area contributed by atoms with Crippen LogP contribution in [0.1, 0.15) is 32.6 Å². The summed E-state index contributed by atoms with van der Waals surface area (Å²) in [5.41, 5.74) is 1.57. The van der Waals surface area contributed by atoms with Gasteiger partial charge in [-0.2, -0.15) is 0 Å². The van der Waals surface area contributed by atoms with Crippen molar-refractivity contribution in [2.24, 2.45) is 0 Å². The second-order valence-electron chi connectivity index (χ2n) is 3.09. The third-order valence-electron chi connectivity index (χ3n) is 2.02. The van der Waals surface area contributed by atoms with E-state index in [1.54, 1.807) is 5.54 Å². The van der Waals surface area contributed by atoms with Gasteiger partial charge in [-0.25, -0.2) is 0 Å². The van der Waals surface area contributed by atoms with E-state index in [-0.39, 0.29) is 0 Å². The van der Waals surface area contributed by atoms with E-state index in [2.05, 4.69) is 12.2 Å². The number of nitrogens with one attached hydrogen (secondary N) is 1. The maximum absolute atomic E-state index is 8.57. The van der Waals surface area contributed by atoms with Crippen molar-refractivity contribution in [1.82, 2.24) is 5.32 Å². The van der Waals surface area contributed by atoms with Gasteiger partial charge in [0.2, 0.25) is 0 Å². The van der Waals surface area contributed by atoms with E-state index in [0.717, 1.165) is 32.2 Å². The molecule has 0 radical (unpaired) electrons. The average Bonchev–Trinajstić information content (AvgIpc) is 2.17. The van der Waals surface area contributed by atoms with Gasteiger partial charge in [-0.1, -0.05) is 24.6 Å². The highest BCUT2D eigenvalue weighted by Crippen LogP contribution is 2.00. The Kier molecular flexibility index (Phi) is 10.00. The summed E-state index contributed by atoms with van der Waals surface area (Å²) in [6, 6.07) is 0.522. The Labute approximate surface area is 86.0 Å². The molecule has 0 aliphatic heterocycles. The summed E-state index contributed by atoms with van der Waals surface area (Å²) in [5.74, 6) is 0. The Balaban J connectivity index is 3.36. The Morgan fingerprint density at radius 2 is 2.23 bits per heavy atom. The van der Waals surface area contributed by atoms with Crippen LogP contribution in [0.4, 0.5) is 0 Å². The molecule has 0 aliphatic carbocycles. The monoisotopic (exact) mass is 205 g/mol. The van der Waals surface area contributed by atoms with Crippen molar-refractivity contribution in [3.63, 3.8) is 0 Å². The Morgan fingerprint density at radius 1 is 1.46 bits per heavy atom. The zero-order valence-electron chi connectivity index (χ0n) is 8.30. The summed E-state index contributed by atoms with van der Waals surface area (Å²) in [6.45, 7) is 3.43. The van der Waals surface area contributed by atoms with Gasteiger partial charge in [0.15, 0.2) is 0 Å².